The zero-order chi connectivity index (χ0) is 23.5. The number of aryl methyl sites for hydroxylation is 2. The fraction of sp³-hybridized carbons (Fsp3) is 0.444. The molecule has 0 atom stereocenters. The van der Waals surface area contributed by atoms with Crippen molar-refractivity contribution in [1.82, 2.24) is 15.0 Å². The van der Waals surface area contributed by atoms with Gasteiger partial charge in [-0.1, -0.05) is 42.1 Å². The standard InChI is InChI=1S/C27H33N5O2/c1-19-8-13-24(20(2)18-19)28-27(33)32-16-14-31(15-17-32)23-11-9-21(10-12-23)25-29-26(34-30-25)22-6-4-3-5-7-22/h8-13,18,22H,3-7,14-17H2,1-2H3,(H,28,33). The van der Waals surface area contributed by atoms with Crippen molar-refractivity contribution in [2.45, 2.75) is 51.9 Å². The molecule has 3 aromatic rings. The molecular formula is C27H33N5O2. The number of rotatable bonds is 4. The van der Waals surface area contributed by atoms with Crippen LogP contribution in [0, 0.1) is 13.8 Å². The van der Waals surface area contributed by atoms with Crippen LogP contribution in [0.25, 0.3) is 11.4 Å². The van der Waals surface area contributed by atoms with E-state index in [1.54, 1.807) is 0 Å². The fourth-order valence-corrected chi connectivity index (χ4v) is 5.00. The second-order valence-corrected chi connectivity index (χ2v) is 9.56. The largest absolute Gasteiger partial charge is 0.368 e. The molecule has 7 nitrogen and oxygen atoms in total. The van der Waals surface area contributed by atoms with Gasteiger partial charge in [0.25, 0.3) is 0 Å². The molecule has 1 saturated heterocycles. The normalized spacial score (nSPS) is 17.1. The number of nitrogens with zero attached hydrogens (tertiary/aromatic N) is 4. The summed E-state index contributed by atoms with van der Waals surface area (Å²) in [6.45, 7) is 7.06. The van der Waals surface area contributed by atoms with Crippen LogP contribution in [-0.2, 0) is 0 Å². The summed E-state index contributed by atoms with van der Waals surface area (Å²) in [4.78, 5) is 21.6. The van der Waals surface area contributed by atoms with Crippen LogP contribution in [0.15, 0.2) is 47.0 Å². The molecule has 1 aromatic heterocycles. The van der Waals surface area contributed by atoms with E-state index in [2.05, 4.69) is 57.6 Å². The van der Waals surface area contributed by atoms with Crippen LogP contribution in [0.4, 0.5) is 16.2 Å². The summed E-state index contributed by atoms with van der Waals surface area (Å²) < 4.78 is 5.58. The zero-order valence-electron chi connectivity index (χ0n) is 20.1. The van der Waals surface area contributed by atoms with Crippen LogP contribution < -0.4 is 10.2 Å². The van der Waals surface area contributed by atoms with Gasteiger partial charge in [0, 0.05) is 49.0 Å². The molecule has 0 radical (unpaired) electrons. The third kappa shape index (κ3) is 4.93. The molecule has 7 heteroatoms. The minimum Gasteiger partial charge on any atom is -0.368 e. The van der Waals surface area contributed by atoms with E-state index in [-0.39, 0.29) is 6.03 Å². The summed E-state index contributed by atoms with van der Waals surface area (Å²) >= 11 is 0. The van der Waals surface area contributed by atoms with Crippen LogP contribution in [0.5, 0.6) is 0 Å². The van der Waals surface area contributed by atoms with Gasteiger partial charge in [-0.05, 0) is 62.6 Å². The van der Waals surface area contributed by atoms with Gasteiger partial charge in [-0.15, -0.1) is 0 Å². The van der Waals surface area contributed by atoms with Gasteiger partial charge in [-0.3, -0.25) is 0 Å². The molecule has 1 N–H and O–H groups in total. The summed E-state index contributed by atoms with van der Waals surface area (Å²) in [6, 6.07) is 14.4. The zero-order valence-corrected chi connectivity index (χ0v) is 20.1. The molecule has 2 fully saturated rings. The predicted octanol–water partition coefficient (Wildman–Crippen LogP) is 5.76. The number of benzene rings is 2. The van der Waals surface area contributed by atoms with Crippen LogP contribution in [0.2, 0.25) is 0 Å². The summed E-state index contributed by atoms with van der Waals surface area (Å²) in [6.07, 6.45) is 6.10. The molecule has 34 heavy (non-hydrogen) atoms. The molecule has 2 heterocycles. The van der Waals surface area contributed by atoms with E-state index in [4.69, 9.17) is 4.52 Å². The summed E-state index contributed by atoms with van der Waals surface area (Å²) in [5.74, 6) is 1.87. The van der Waals surface area contributed by atoms with Crippen LogP contribution in [-0.4, -0.2) is 47.3 Å². The SMILES string of the molecule is Cc1ccc(NC(=O)N2CCN(c3ccc(-c4noc(C5CCCCC5)n4)cc3)CC2)c(C)c1. The van der Waals surface area contributed by atoms with Crippen LogP contribution >= 0.6 is 0 Å². The number of amides is 2. The summed E-state index contributed by atoms with van der Waals surface area (Å²) in [7, 11) is 0. The van der Waals surface area contributed by atoms with Crippen molar-refractivity contribution in [1.29, 1.82) is 0 Å². The first-order chi connectivity index (χ1) is 16.6. The van der Waals surface area contributed by atoms with E-state index in [1.807, 2.05) is 24.0 Å². The molecule has 2 amide bonds. The van der Waals surface area contributed by atoms with E-state index in [0.29, 0.717) is 24.8 Å². The Labute approximate surface area is 201 Å². The third-order valence-electron chi connectivity index (χ3n) is 7.08. The van der Waals surface area contributed by atoms with Crippen molar-refractivity contribution in [3.05, 3.63) is 59.5 Å². The number of aromatic nitrogens is 2. The van der Waals surface area contributed by atoms with E-state index in [0.717, 1.165) is 54.3 Å². The average molecular weight is 460 g/mol. The Bertz CT molecular complexity index is 1130. The number of carbonyl (C=O) groups excluding carboxylic acids is 1. The highest BCUT2D eigenvalue weighted by molar-refractivity contribution is 5.90. The van der Waals surface area contributed by atoms with Crippen LogP contribution in [0.1, 0.15) is 55.0 Å². The maximum Gasteiger partial charge on any atom is 0.321 e. The highest BCUT2D eigenvalue weighted by atomic mass is 16.5. The molecule has 1 aliphatic carbocycles. The van der Waals surface area contributed by atoms with Crippen molar-refractivity contribution >= 4 is 17.4 Å². The van der Waals surface area contributed by atoms with Crippen molar-refractivity contribution < 1.29 is 9.32 Å². The Morgan fingerprint density at radius 1 is 0.971 bits per heavy atom. The van der Waals surface area contributed by atoms with Gasteiger partial charge >= 0.3 is 6.03 Å². The monoisotopic (exact) mass is 459 g/mol. The highest BCUT2D eigenvalue weighted by Gasteiger charge is 2.23. The second kappa shape index (κ2) is 9.87. The number of hydrogen-bond donors (Lipinski definition) is 1. The first kappa shape index (κ1) is 22.4. The summed E-state index contributed by atoms with van der Waals surface area (Å²) in [5, 5.41) is 7.29. The number of piperazine rings is 1. The molecule has 1 aliphatic heterocycles. The molecule has 178 valence electrons. The van der Waals surface area contributed by atoms with E-state index in [9.17, 15) is 4.79 Å². The van der Waals surface area contributed by atoms with Gasteiger partial charge < -0.3 is 19.6 Å². The molecule has 0 unspecified atom stereocenters. The molecule has 2 aliphatic rings. The molecule has 0 spiro atoms. The predicted molar refractivity (Wildman–Crippen MR) is 134 cm³/mol. The quantitative estimate of drug-likeness (QED) is 0.537. The lowest BCUT2D eigenvalue weighted by molar-refractivity contribution is 0.208. The second-order valence-electron chi connectivity index (χ2n) is 9.56. The summed E-state index contributed by atoms with van der Waals surface area (Å²) in [5.41, 5.74) is 5.27. The van der Waals surface area contributed by atoms with E-state index >= 15 is 0 Å². The van der Waals surface area contributed by atoms with Gasteiger partial charge in [0.15, 0.2) is 0 Å². The van der Waals surface area contributed by atoms with Crippen molar-refractivity contribution in [2.75, 3.05) is 36.4 Å². The van der Waals surface area contributed by atoms with E-state index in [1.165, 1.54) is 24.8 Å². The lowest BCUT2D eigenvalue weighted by Gasteiger charge is -2.36. The first-order valence-corrected chi connectivity index (χ1v) is 12.4. The molecule has 5 rings (SSSR count). The Hall–Kier alpha value is -3.35. The minimum atomic E-state index is -0.0344. The number of urea groups is 1. The average Bonchev–Trinajstić information content (AvgIpc) is 3.37. The first-order valence-electron chi connectivity index (χ1n) is 12.4. The molecule has 2 aromatic carbocycles. The Morgan fingerprint density at radius 3 is 2.41 bits per heavy atom. The van der Waals surface area contributed by atoms with Gasteiger partial charge in [0.05, 0.1) is 0 Å². The molecule has 0 bridgehead atoms. The Morgan fingerprint density at radius 2 is 1.71 bits per heavy atom. The van der Waals surface area contributed by atoms with Crippen molar-refractivity contribution in [2.24, 2.45) is 0 Å². The fourth-order valence-electron chi connectivity index (χ4n) is 5.00. The van der Waals surface area contributed by atoms with Crippen LogP contribution in [0.3, 0.4) is 0 Å². The van der Waals surface area contributed by atoms with Gasteiger partial charge in [0.2, 0.25) is 11.7 Å². The number of hydrogen-bond acceptors (Lipinski definition) is 5. The van der Waals surface area contributed by atoms with E-state index < -0.39 is 0 Å². The topological polar surface area (TPSA) is 74.5 Å². The van der Waals surface area contributed by atoms with Crippen molar-refractivity contribution in [3.63, 3.8) is 0 Å². The van der Waals surface area contributed by atoms with Crippen molar-refractivity contribution in [3.8, 4) is 11.4 Å². The maximum absolute atomic E-state index is 12.7. The third-order valence-corrected chi connectivity index (χ3v) is 7.08. The van der Waals surface area contributed by atoms with Gasteiger partial charge in [-0.25, -0.2) is 4.79 Å². The Balaban J connectivity index is 1.16. The smallest absolute Gasteiger partial charge is 0.321 e. The molecular weight excluding hydrogens is 426 g/mol. The maximum atomic E-state index is 12.7. The number of carbonyl (C=O) groups is 1. The lowest BCUT2D eigenvalue weighted by atomic mass is 9.89. The Kier molecular flexibility index (Phi) is 6.52. The molecule has 1 saturated carbocycles. The number of anilines is 2. The minimum absolute atomic E-state index is 0.0344. The highest BCUT2D eigenvalue weighted by Crippen LogP contribution is 2.32. The lowest BCUT2D eigenvalue weighted by Crippen LogP contribution is -2.50. The number of nitrogens with one attached hydrogen (secondary N) is 1. The van der Waals surface area contributed by atoms with Gasteiger partial charge in [-0.2, -0.15) is 4.98 Å². The van der Waals surface area contributed by atoms with Gasteiger partial charge in [0.1, 0.15) is 0 Å².